The lowest BCUT2D eigenvalue weighted by molar-refractivity contribution is 0.0967. The monoisotopic (exact) mass is 534 g/mol. The molecular formula is C28H30N4O5S. The summed E-state index contributed by atoms with van der Waals surface area (Å²) in [5.74, 6) is 0.694. The van der Waals surface area contributed by atoms with Crippen LogP contribution in [0.5, 0.6) is 11.6 Å². The third kappa shape index (κ3) is 5.13. The van der Waals surface area contributed by atoms with E-state index in [4.69, 9.17) is 4.74 Å². The molecule has 1 amide bonds. The lowest BCUT2D eigenvalue weighted by atomic mass is 9.91. The molecular weight excluding hydrogens is 504 g/mol. The molecule has 1 aliphatic carbocycles. The van der Waals surface area contributed by atoms with Crippen LogP contribution in [-0.4, -0.2) is 42.2 Å². The Balaban J connectivity index is 1.36. The van der Waals surface area contributed by atoms with E-state index in [1.165, 1.54) is 18.2 Å². The van der Waals surface area contributed by atoms with Crippen LogP contribution in [0.15, 0.2) is 59.8 Å². The summed E-state index contributed by atoms with van der Waals surface area (Å²) in [6.07, 6.45) is 4.62. The van der Waals surface area contributed by atoms with E-state index in [1.54, 1.807) is 36.5 Å². The first kappa shape index (κ1) is 25.8. The summed E-state index contributed by atoms with van der Waals surface area (Å²) in [5, 5.41) is -0.350. The fraction of sp³-hybridized carbons (Fsp3) is 0.357. The Bertz CT molecular complexity index is 1520. The van der Waals surface area contributed by atoms with Gasteiger partial charge in [0.2, 0.25) is 5.88 Å². The molecule has 0 bridgehead atoms. The molecule has 198 valence electrons. The van der Waals surface area contributed by atoms with Crippen LogP contribution >= 0.6 is 0 Å². The van der Waals surface area contributed by atoms with Crippen LogP contribution in [0.1, 0.15) is 66.3 Å². The molecule has 1 aromatic carbocycles. The van der Waals surface area contributed by atoms with Gasteiger partial charge < -0.3 is 9.64 Å². The van der Waals surface area contributed by atoms with Crippen LogP contribution in [0.3, 0.4) is 0 Å². The van der Waals surface area contributed by atoms with Crippen LogP contribution in [0.25, 0.3) is 0 Å². The normalized spacial score (nSPS) is 18.7. The van der Waals surface area contributed by atoms with E-state index in [0.717, 1.165) is 31.4 Å². The number of aryl methyl sites for hydroxylation is 1. The van der Waals surface area contributed by atoms with Gasteiger partial charge in [-0.1, -0.05) is 13.0 Å². The SMILES string of the molecule is CC1CN(c2ncccc2C(=O)NS(=O)(=O)c2cccc(Oc3ccc4c(c3)CCCC4=O)n2)C(C)(C)C1. The molecule has 0 radical (unpaired) electrons. The number of pyridine rings is 2. The van der Waals surface area contributed by atoms with E-state index >= 15 is 0 Å². The van der Waals surface area contributed by atoms with E-state index in [1.807, 2.05) is 0 Å². The molecule has 1 aliphatic heterocycles. The molecule has 9 nitrogen and oxygen atoms in total. The van der Waals surface area contributed by atoms with Gasteiger partial charge in [0.15, 0.2) is 10.8 Å². The van der Waals surface area contributed by atoms with Crippen LogP contribution in [0, 0.1) is 5.92 Å². The Hall–Kier alpha value is -3.79. The number of carbonyl (C=O) groups excluding carboxylic acids is 2. The number of fused-ring (bicyclic) bond motifs is 1. The second kappa shape index (κ2) is 9.83. The zero-order chi connectivity index (χ0) is 27.1. The van der Waals surface area contributed by atoms with Crippen molar-refractivity contribution in [3.8, 4) is 11.6 Å². The summed E-state index contributed by atoms with van der Waals surface area (Å²) in [5.41, 5.74) is 1.54. The van der Waals surface area contributed by atoms with Gasteiger partial charge in [-0.25, -0.2) is 9.71 Å². The van der Waals surface area contributed by atoms with Gasteiger partial charge in [0.25, 0.3) is 15.9 Å². The second-order valence-electron chi connectivity index (χ2n) is 10.6. The van der Waals surface area contributed by atoms with Crippen molar-refractivity contribution in [3.63, 3.8) is 0 Å². The molecule has 3 heterocycles. The number of ketones is 1. The van der Waals surface area contributed by atoms with Crippen molar-refractivity contribution in [2.24, 2.45) is 5.92 Å². The van der Waals surface area contributed by atoms with Crippen LogP contribution in [-0.2, 0) is 16.4 Å². The number of ether oxygens (including phenoxy) is 1. The Morgan fingerprint density at radius 3 is 2.71 bits per heavy atom. The number of benzene rings is 1. The molecule has 1 atom stereocenters. The van der Waals surface area contributed by atoms with Crippen LogP contribution < -0.4 is 14.4 Å². The lowest BCUT2D eigenvalue weighted by Crippen LogP contribution is -2.41. The molecule has 1 fully saturated rings. The number of Topliss-reactive ketones (excluding diaryl/α,β-unsaturated/α-hetero) is 1. The number of aromatic nitrogens is 2. The average Bonchev–Trinajstić information content (AvgIpc) is 3.15. The third-order valence-corrected chi connectivity index (χ3v) is 8.24. The van der Waals surface area contributed by atoms with Gasteiger partial charge in [0.1, 0.15) is 11.6 Å². The number of anilines is 1. The van der Waals surface area contributed by atoms with Crippen molar-refractivity contribution in [2.75, 3.05) is 11.4 Å². The van der Waals surface area contributed by atoms with Crippen molar-refractivity contribution < 1.29 is 22.7 Å². The van der Waals surface area contributed by atoms with Crippen LogP contribution in [0.2, 0.25) is 0 Å². The van der Waals surface area contributed by atoms with E-state index in [-0.39, 0.29) is 27.8 Å². The molecule has 5 rings (SSSR count). The summed E-state index contributed by atoms with van der Waals surface area (Å²) >= 11 is 0. The molecule has 38 heavy (non-hydrogen) atoms. The quantitative estimate of drug-likeness (QED) is 0.490. The topological polar surface area (TPSA) is 119 Å². The van der Waals surface area contributed by atoms with E-state index < -0.39 is 15.9 Å². The van der Waals surface area contributed by atoms with E-state index in [2.05, 4.69) is 40.4 Å². The Morgan fingerprint density at radius 1 is 1.13 bits per heavy atom. The zero-order valence-electron chi connectivity index (χ0n) is 21.6. The predicted molar refractivity (Wildman–Crippen MR) is 142 cm³/mol. The highest BCUT2D eigenvalue weighted by atomic mass is 32.2. The molecule has 0 spiro atoms. The number of amides is 1. The highest BCUT2D eigenvalue weighted by Gasteiger charge is 2.39. The Morgan fingerprint density at radius 2 is 1.95 bits per heavy atom. The van der Waals surface area contributed by atoms with E-state index in [0.29, 0.717) is 29.5 Å². The maximum Gasteiger partial charge on any atom is 0.281 e. The molecule has 2 aliphatic rings. The summed E-state index contributed by atoms with van der Waals surface area (Å²) < 4.78 is 34.2. The first-order valence-corrected chi connectivity index (χ1v) is 14.1. The number of hydrogen-bond acceptors (Lipinski definition) is 8. The molecule has 3 aromatic rings. The number of hydrogen-bond donors (Lipinski definition) is 1. The zero-order valence-corrected chi connectivity index (χ0v) is 22.4. The van der Waals surface area contributed by atoms with Gasteiger partial charge in [-0.05, 0) is 81.0 Å². The maximum absolute atomic E-state index is 13.2. The highest BCUT2D eigenvalue weighted by Crippen LogP contribution is 2.37. The summed E-state index contributed by atoms with van der Waals surface area (Å²) in [6.45, 7) is 7.02. The summed E-state index contributed by atoms with van der Waals surface area (Å²) in [6, 6.07) is 12.7. The van der Waals surface area contributed by atoms with Gasteiger partial charge in [0.05, 0.1) is 5.56 Å². The van der Waals surface area contributed by atoms with Crippen molar-refractivity contribution in [3.05, 3.63) is 71.4 Å². The summed E-state index contributed by atoms with van der Waals surface area (Å²) in [7, 11) is -4.31. The maximum atomic E-state index is 13.2. The second-order valence-corrected chi connectivity index (χ2v) is 12.2. The average molecular weight is 535 g/mol. The minimum absolute atomic E-state index is 0.0530. The van der Waals surface area contributed by atoms with E-state index in [9.17, 15) is 18.0 Å². The first-order chi connectivity index (χ1) is 18.0. The van der Waals surface area contributed by atoms with Crippen molar-refractivity contribution in [1.82, 2.24) is 14.7 Å². The smallest absolute Gasteiger partial charge is 0.281 e. The van der Waals surface area contributed by atoms with Gasteiger partial charge >= 0.3 is 0 Å². The Labute approximate surface area is 222 Å². The Kier molecular flexibility index (Phi) is 6.68. The molecule has 1 N–H and O–H groups in total. The fourth-order valence-corrected chi connectivity index (χ4v) is 6.31. The van der Waals surface area contributed by atoms with Gasteiger partial charge in [-0.15, -0.1) is 0 Å². The largest absolute Gasteiger partial charge is 0.439 e. The van der Waals surface area contributed by atoms with Crippen molar-refractivity contribution in [1.29, 1.82) is 0 Å². The molecule has 10 heteroatoms. The number of sulfonamides is 1. The predicted octanol–water partition coefficient (Wildman–Crippen LogP) is 4.53. The van der Waals surface area contributed by atoms with Crippen molar-refractivity contribution in [2.45, 2.75) is 57.0 Å². The first-order valence-electron chi connectivity index (χ1n) is 12.6. The fourth-order valence-electron chi connectivity index (χ4n) is 5.39. The lowest BCUT2D eigenvalue weighted by Gasteiger charge is -2.33. The van der Waals surface area contributed by atoms with Gasteiger partial charge in [-0.3, -0.25) is 9.59 Å². The number of rotatable bonds is 6. The van der Waals surface area contributed by atoms with Crippen LogP contribution in [0.4, 0.5) is 5.82 Å². The number of carbonyl (C=O) groups is 2. The molecule has 0 saturated carbocycles. The summed E-state index contributed by atoms with van der Waals surface area (Å²) in [4.78, 5) is 35.9. The van der Waals surface area contributed by atoms with Gasteiger partial charge in [-0.2, -0.15) is 13.4 Å². The molecule has 1 saturated heterocycles. The molecule has 2 aromatic heterocycles. The van der Waals surface area contributed by atoms with Crippen molar-refractivity contribution >= 4 is 27.5 Å². The highest BCUT2D eigenvalue weighted by molar-refractivity contribution is 7.90. The molecule has 1 unspecified atom stereocenters. The minimum Gasteiger partial charge on any atom is -0.439 e. The number of nitrogens with one attached hydrogen (secondary N) is 1. The van der Waals surface area contributed by atoms with Gasteiger partial charge in [0, 0.05) is 36.3 Å². The standard InChI is InChI=1S/C28H30N4O5S/c1-18-16-28(2,3)32(17-18)26-22(8-6-14-29-26)27(34)31-38(35,36)25-11-5-10-24(30-25)37-20-12-13-21-19(15-20)7-4-9-23(21)33/h5-6,8,10-15,18H,4,7,9,16-17H2,1-3H3,(H,31,34). The number of nitrogens with zero attached hydrogens (tertiary/aromatic N) is 3. The minimum atomic E-state index is -4.31. The third-order valence-electron chi connectivity index (χ3n) is 7.01.